The topological polar surface area (TPSA) is 49.4 Å². The smallest absolute Gasteiger partial charge is 0.251 e. The monoisotopic (exact) mass is 354 g/mol. The molecule has 1 N–H and O–H groups in total. The third-order valence-corrected chi connectivity index (χ3v) is 5.15. The van der Waals surface area contributed by atoms with Gasteiger partial charge in [0.25, 0.3) is 5.91 Å². The van der Waals surface area contributed by atoms with E-state index in [0.717, 1.165) is 24.3 Å². The lowest BCUT2D eigenvalue weighted by Gasteiger charge is -2.16. The van der Waals surface area contributed by atoms with Gasteiger partial charge in [-0.15, -0.1) is 11.8 Å². The molecule has 4 nitrogen and oxygen atoms in total. The van der Waals surface area contributed by atoms with E-state index in [1.165, 1.54) is 4.90 Å². The zero-order chi connectivity index (χ0) is 17.5. The highest BCUT2D eigenvalue weighted by atomic mass is 32.2. The number of nitrogens with one attached hydrogen (secondary N) is 1. The van der Waals surface area contributed by atoms with E-state index in [0.29, 0.717) is 25.1 Å². The SMILES string of the molecule is O=C(NCCSc1ccccc1)c1cccc(CN2CCCC2=O)c1. The number of hydrogen-bond acceptors (Lipinski definition) is 3. The molecule has 3 rings (SSSR count). The first-order chi connectivity index (χ1) is 12.2. The molecule has 1 aliphatic rings. The number of nitrogens with zero attached hydrogens (tertiary/aromatic N) is 1. The van der Waals surface area contributed by atoms with Gasteiger partial charge in [-0.1, -0.05) is 30.3 Å². The minimum Gasteiger partial charge on any atom is -0.351 e. The molecule has 0 atom stereocenters. The normalized spacial score (nSPS) is 13.9. The molecule has 2 aromatic carbocycles. The fourth-order valence-electron chi connectivity index (χ4n) is 2.85. The maximum absolute atomic E-state index is 12.3. The number of benzene rings is 2. The Balaban J connectivity index is 1.48. The summed E-state index contributed by atoms with van der Waals surface area (Å²) in [5.74, 6) is 0.966. The van der Waals surface area contributed by atoms with Crippen LogP contribution < -0.4 is 5.32 Å². The molecule has 0 unspecified atom stereocenters. The molecule has 1 heterocycles. The second-order valence-corrected chi connectivity index (χ2v) is 7.20. The molecule has 1 saturated heterocycles. The van der Waals surface area contributed by atoms with Gasteiger partial charge in [0.15, 0.2) is 0 Å². The van der Waals surface area contributed by atoms with Crippen LogP contribution in [0, 0.1) is 0 Å². The number of likely N-dealkylation sites (tertiary alicyclic amines) is 1. The Morgan fingerprint density at radius 1 is 1.12 bits per heavy atom. The van der Waals surface area contributed by atoms with Crippen LogP contribution in [-0.2, 0) is 11.3 Å². The summed E-state index contributed by atoms with van der Waals surface area (Å²) in [6, 6.07) is 17.7. The molecule has 1 aliphatic heterocycles. The van der Waals surface area contributed by atoms with Crippen molar-refractivity contribution >= 4 is 23.6 Å². The molecule has 25 heavy (non-hydrogen) atoms. The van der Waals surface area contributed by atoms with E-state index < -0.39 is 0 Å². The summed E-state index contributed by atoms with van der Waals surface area (Å²) in [4.78, 5) is 27.1. The van der Waals surface area contributed by atoms with Crippen LogP contribution in [-0.4, -0.2) is 35.6 Å². The van der Waals surface area contributed by atoms with Crippen LogP contribution in [0.25, 0.3) is 0 Å². The first kappa shape index (κ1) is 17.5. The van der Waals surface area contributed by atoms with Crippen molar-refractivity contribution in [3.8, 4) is 0 Å². The first-order valence-corrected chi connectivity index (χ1v) is 9.54. The third-order valence-electron chi connectivity index (χ3n) is 4.13. The van der Waals surface area contributed by atoms with Gasteiger partial charge in [0.1, 0.15) is 0 Å². The van der Waals surface area contributed by atoms with E-state index >= 15 is 0 Å². The van der Waals surface area contributed by atoms with Crippen LogP contribution in [0.4, 0.5) is 0 Å². The summed E-state index contributed by atoms with van der Waals surface area (Å²) in [6.07, 6.45) is 1.57. The second-order valence-electron chi connectivity index (χ2n) is 6.04. The summed E-state index contributed by atoms with van der Waals surface area (Å²) >= 11 is 1.72. The predicted octanol–water partition coefficient (Wildman–Crippen LogP) is 3.33. The molecular formula is C20H22N2O2S. The van der Waals surface area contributed by atoms with Crippen molar-refractivity contribution in [1.29, 1.82) is 0 Å². The van der Waals surface area contributed by atoms with Gasteiger partial charge in [0.2, 0.25) is 5.91 Å². The zero-order valence-electron chi connectivity index (χ0n) is 14.1. The van der Waals surface area contributed by atoms with Crippen LogP contribution >= 0.6 is 11.8 Å². The Morgan fingerprint density at radius 2 is 1.96 bits per heavy atom. The van der Waals surface area contributed by atoms with Crippen molar-refractivity contribution in [2.75, 3.05) is 18.8 Å². The summed E-state index contributed by atoms with van der Waals surface area (Å²) in [5.41, 5.74) is 1.65. The molecule has 2 amide bonds. The highest BCUT2D eigenvalue weighted by Gasteiger charge is 2.20. The molecule has 5 heteroatoms. The van der Waals surface area contributed by atoms with Crippen LogP contribution in [0.5, 0.6) is 0 Å². The Bertz CT molecular complexity index is 733. The summed E-state index contributed by atoms with van der Waals surface area (Å²) in [5, 5.41) is 2.96. The Hall–Kier alpha value is -2.27. The molecular weight excluding hydrogens is 332 g/mol. The minimum absolute atomic E-state index is 0.0664. The van der Waals surface area contributed by atoms with Crippen LogP contribution in [0.2, 0.25) is 0 Å². The summed E-state index contributed by atoms with van der Waals surface area (Å²) in [6.45, 7) is 2.02. The maximum Gasteiger partial charge on any atom is 0.251 e. The van der Waals surface area contributed by atoms with E-state index in [9.17, 15) is 9.59 Å². The lowest BCUT2D eigenvalue weighted by atomic mass is 10.1. The molecule has 0 aromatic heterocycles. The largest absolute Gasteiger partial charge is 0.351 e. The van der Waals surface area contributed by atoms with Crippen molar-refractivity contribution < 1.29 is 9.59 Å². The van der Waals surface area contributed by atoms with Crippen LogP contribution in [0.1, 0.15) is 28.8 Å². The molecule has 0 saturated carbocycles. The predicted molar refractivity (Wildman–Crippen MR) is 101 cm³/mol. The Morgan fingerprint density at radius 3 is 2.72 bits per heavy atom. The number of rotatable bonds is 7. The summed E-state index contributed by atoms with van der Waals surface area (Å²) in [7, 11) is 0. The first-order valence-electron chi connectivity index (χ1n) is 8.55. The lowest BCUT2D eigenvalue weighted by molar-refractivity contribution is -0.128. The lowest BCUT2D eigenvalue weighted by Crippen LogP contribution is -2.26. The molecule has 0 aliphatic carbocycles. The van der Waals surface area contributed by atoms with Crippen molar-refractivity contribution in [3.05, 3.63) is 65.7 Å². The average molecular weight is 354 g/mol. The average Bonchev–Trinajstić information content (AvgIpc) is 3.04. The highest BCUT2D eigenvalue weighted by molar-refractivity contribution is 7.99. The number of carbonyl (C=O) groups is 2. The van der Waals surface area contributed by atoms with Gasteiger partial charge in [-0.2, -0.15) is 0 Å². The van der Waals surface area contributed by atoms with Gasteiger partial charge in [0.05, 0.1) is 0 Å². The van der Waals surface area contributed by atoms with E-state index in [4.69, 9.17) is 0 Å². The van der Waals surface area contributed by atoms with Gasteiger partial charge >= 0.3 is 0 Å². The van der Waals surface area contributed by atoms with Crippen molar-refractivity contribution in [3.63, 3.8) is 0 Å². The van der Waals surface area contributed by atoms with E-state index in [1.807, 2.05) is 47.4 Å². The molecule has 130 valence electrons. The number of hydrogen-bond donors (Lipinski definition) is 1. The molecule has 0 radical (unpaired) electrons. The van der Waals surface area contributed by atoms with Crippen LogP contribution in [0.3, 0.4) is 0 Å². The maximum atomic E-state index is 12.3. The molecule has 0 bridgehead atoms. The van der Waals surface area contributed by atoms with Gasteiger partial charge < -0.3 is 10.2 Å². The fourth-order valence-corrected chi connectivity index (χ4v) is 3.64. The highest BCUT2D eigenvalue weighted by Crippen LogP contribution is 2.17. The standard InChI is InChI=1S/C20H22N2O2S/c23-19-10-5-12-22(19)15-16-6-4-7-17(14-16)20(24)21-11-13-25-18-8-2-1-3-9-18/h1-4,6-9,14H,5,10-13,15H2,(H,21,24). The van der Waals surface area contributed by atoms with Crippen molar-refractivity contribution in [2.45, 2.75) is 24.3 Å². The zero-order valence-corrected chi connectivity index (χ0v) is 14.9. The molecule has 0 spiro atoms. The summed E-state index contributed by atoms with van der Waals surface area (Å²) < 4.78 is 0. The van der Waals surface area contributed by atoms with Crippen LogP contribution in [0.15, 0.2) is 59.5 Å². The fraction of sp³-hybridized carbons (Fsp3) is 0.300. The quantitative estimate of drug-likeness (QED) is 0.613. The Labute approximate surface area is 152 Å². The van der Waals surface area contributed by atoms with E-state index in [-0.39, 0.29) is 11.8 Å². The third kappa shape index (κ3) is 5.10. The van der Waals surface area contributed by atoms with E-state index in [1.54, 1.807) is 11.8 Å². The number of amides is 2. The number of thioether (sulfide) groups is 1. The second kappa shape index (κ2) is 8.72. The van der Waals surface area contributed by atoms with Gasteiger partial charge in [0, 0.05) is 42.3 Å². The van der Waals surface area contributed by atoms with Gasteiger partial charge in [-0.3, -0.25) is 9.59 Å². The van der Waals surface area contributed by atoms with Crippen molar-refractivity contribution in [1.82, 2.24) is 10.2 Å². The van der Waals surface area contributed by atoms with Crippen molar-refractivity contribution in [2.24, 2.45) is 0 Å². The molecule has 2 aromatic rings. The Kier molecular flexibility index (Phi) is 6.12. The number of carbonyl (C=O) groups excluding carboxylic acids is 2. The van der Waals surface area contributed by atoms with Gasteiger partial charge in [-0.05, 0) is 36.2 Å². The minimum atomic E-state index is -0.0664. The van der Waals surface area contributed by atoms with E-state index in [2.05, 4.69) is 17.4 Å². The molecule has 1 fully saturated rings. The van der Waals surface area contributed by atoms with Gasteiger partial charge in [-0.25, -0.2) is 0 Å².